The minimum absolute atomic E-state index is 0.754. The average molecular weight is 196 g/mol. The van der Waals surface area contributed by atoms with Crippen molar-refractivity contribution in [3.63, 3.8) is 0 Å². The quantitative estimate of drug-likeness (QED) is 0.692. The van der Waals surface area contributed by atoms with Crippen LogP contribution in [0.5, 0.6) is 0 Å². The number of rotatable bonds is 4. The van der Waals surface area contributed by atoms with Crippen molar-refractivity contribution < 1.29 is 0 Å². The van der Waals surface area contributed by atoms with Crippen LogP contribution >= 0.6 is 0 Å². The molecule has 0 amide bonds. The minimum atomic E-state index is 0.754. The molecule has 1 aliphatic heterocycles. The molecular weight excluding hydrogens is 172 g/mol. The molecule has 0 radical (unpaired) electrons. The summed E-state index contributed by atoms with van der Waals surface area (Å²) in [4.78, 5) is 2.57. The van der Waals surface area contributed by atoms with Crippen molar-refractivity contribution in [1.82, 2.24) is 10.2 Å². The second kappa shape index (κ2) is 6.20. The van der Waals surface area contributed by atoms with Crippen LogP contribution in [-0.4, -0.2) is 37.1 Å². The Balaban J connectivity index is 2.39. The van der Waals surface area contributed by atoms with Crippen molar-refractivity contribution in [2.24, 2.45) is 0 Å². The summed E-state index contributed by atoms with van der Waals surface area (Å²) >= 11 is 0. The molecule has 1 heterocycles. The van der Waals surface area contributed by atoms with Crippen LogP contribution in [0.15, 0.2) is 11.6 Å². The lowest BCUT2D eigenvalue weighted by atomic mass is 10.1. The average Bonchev–Trinajstić information content (AvgIpc) is 2.20. The molecule has 0 aromatic heterocycles. The van der Waals surface area contributed by atoms with E-state index in [9.17, 15) is 0 Å². The Bertz CT molecular complexity index is 177. The van der Waals surface area contributed by atoms with Gasteiger partial charge >= 0.3 is 0 Å². The summed E-state index contributed by atoms with van der Waals surface area (Å²) in [6, 6.07) is 0.754. The Hall–Kier alpha value is -0.340. The molecule has 0 saturated carbocycles. The lowest BCUT2D eigenvalue weighted by Gasteiger charge is -2.33. The molecule has 1 saturated heterocycles. The van der Waals surface area contributed by atoms with Gasteiger partial charge in [-0.2, -0.15) is 0 Å². The molecule has 1 atom stereocenters. The summed E-state index contributed by atoms with van der Waals surface area (Å²) in [5.74, 6) is 0. The van der Waals surface area contributed by atoms with Gasteiger partial charge in [0.05, 0.1) is 0 Å². The van der Waals surface area contributed by atoms with Gasteiger partial charge in [-0.05, 0) is 39.8 Å². The fraction of sp³-hybridized carbons (Fsp3) is 0.833. The first-order valence-electron chi connectivity index (χ1n) is 5.82. The van der Waals surface area contributed by atoms with Gasteiger partial charge in [0.2, 0.25) is 0 Å². The molecule has 1 rings (SSSR count). The first kappa shape index (κ1) is 11.7. The molecule has 0 aromatic rings. The number of hydrogen-bond acceptors (Lipinski definition) is 2. The van der Waals surface area contributed by atoms with Gasteiger partial charge in [0, 0.05) is 19.1 Å². The summed E-state index contributed by atoms with van der Waals surface area (Å²) in [6.07, 6.45) is 5.02. The molecule has 2 nitrogen and oxygen atoms in total. The highest BCUT2D eigenvalue weighted by Gasteiger charge is 2.18. The number of piperidine rings is 1. The maximum atomic E-state index is 3.47. The molecule has 1 fully saturated rings. The van der Waals surface area contributed by atoms with E-state index in [1.165, 1.54) is 31.5 Å². The molecule has 14 heavy (non-hydrogen) atoms. The molecule has 0 spiro atoms. The fourth-order valence-electron chi connectivity index (χ4n) is 1.98. The molecular formula is C12H24N2. The molecule has 1 unspecified atom stereocenters. The maximum Gasteiger partial charge on any atom is 0.0224 e. The van der Waals surface area contributed by atoms with E-state index in [1.54, 1.807) is 0 Å². The van der Waals surface area contributed by atoms with Crippen LogP contribution in [-0.2, 0) is 0 Å². The fourth-order valence-corrected chi connectivity index (χ4v) is 1.98. The lowest BCUT2D eigenvalue weighted by Crippen LogP contribution is -2.45. The van der Waals surface area contributed by atoms with Crippen LogP contribution in [0.1, 0.15) is 33.6 Å². The van der Waals surface area contributed by atoms with Crippen molar-refractivity contribution in [3.05, 3.63) is 11.6 Å². The predicted octanol–water partition coefficient (Wildman–Crippen LogP) is 2.03. The summed E-state index contributed by atoms with van der Waals surface area (Å²) in [5, 5.41) is 3.47. The zero-order chi connectivity index (χ0) is 10.4. The summed E-state index contributed by atoms with van der Waals surface area (Å²) in [5.41, 5.74) is 1.42. The maximum absolute atomic E-state index is 3.47. The highest BCUT2D eigenvalue weighted by molar-refractivity contribution is 4.96. The normalized spacial score (nSPS) is 22.4. The third-order valence-electron chi connectivity index (χ3n) is 2.93. The van der Waals surface area contributed by atoms with Crippen LogP contribution in [0.2, 0.25) is 0 Å². The Kier molecular flexibility index (Phi) is 5.20. The molecule has 0 aliphatic carbocycles. The van der Waals surface area contributed by atoms with Crippen molar-refractivity contribution in [2.75, 3.05) is 26.2 Å². The van der Waals surface area contributed by atoms with Gasteiger partial charge in [-0.3, -0.25) is 4.90 Å². The van der Waals surface area contributed by atoms with Gasteiger partial charge in [-0.1, -0.05) is 18.6 Å². The largest absolute Gasteiger partial charge is 0.315 e. The van der Waals surface area contributed by atoms with Crippen LogP contribution in [0, 0.1) is 0 Å². The molecule has 0 aromatic carbocycles. The number of allylic oxidation sites excluding steroid dienone is 1. The van der Waals surface area contributed by atoms with E-state index >= 15 is 0 Å². The number of nitrogens with one attached hydrogen (secondary N) is 1. The van der Waals surface area contributed by atoms with Crippen molar-refractivity contribution >= 4 is 0 Å². The SMILES string of the molecule is CCN(CC=C(C)C)C1CCCNC1. The molecule has 82 valence electrons. The van der Waals surface area contributed by atoms with E-state index in [4.69, 9.17) is 0 Å². The second-order valence-electron chi connectivity index (χ2n) is 4.37. The Labute approximate surface area is 88.4 Å². The van der Waals surface area contributed by atoms with E-state index in [0.717, 1.165) is 19.1 Å². The Morgan fingerprint density at radius 3 is 2.79 bits per heavy atom. The Morgan fingerprint density at radius 1 is 1.50 bits per heavy atom. The van der Waals surface area contributed by atoms with E-state index < -0.39 is 0 Å². The smallest absolute Gasteiger partial charge is 0.0224 e. The van der Waals surface area contributed by atoms with Gasteiger partial charge in [0.25, 0.3) is 0 Å². The van der Waals surface area contributed by atoms with Crippen LogP contribution in [0.25, 0.3) is 0 Å². The van der Waals surface area contributed by atoms with E-state index in [-0.39, 0.29) is 0 Å². The molecule has 2 heteroatoms. The standard InChI is InChI=1S/C12H24N2/c1-4-14(9-7-11(2)3)12-6-5-8-13-10-12/h7,12-13H,4-6,8-10H2,1-3H3. The van der Waals surface area contributed by atoms with Gasteiger partial charge in [-0.15, -0.1) is 0 Å². The van der Waals surface area contributed by atoms with Crippen LogP contribution < -0.4 is 5.32 Å². The van der Waals surface area contributed by atoms with Crippen LogP contribution in [0.4, 0.5) is 0 Å². The van der Waals surface area contributed by atoms with Crippen molar-refractivity contribution in [3.8, 4) is 0 Å². The first-order valence-corrected chi connectivity index (χ1v) is 5.82. The van der Waals surface area contributed by atoms with Gasteiger partial charge in [0.15, 0.2) is 0 Å². The van der Waals surface area contributed by atoms with Crippen molar-refractivity contribution in [1.29, 1.82) is 0 Å². The third-order valence-corrected chi connectivity index (χ3v) is 2.93. The van der Waals surface area contributed by atoms with Crippen molar-refractivity contribution in [2.45, 2.75) is 39.7 Å². The molecule has 1 N–H and O–H groups in total. The highest BCUT2D eigenvalue weighted by atomic mass is 15.2. The lowest BCUT2D eigenvalue weighted by molar-refractivity contribution is 0.191. The first-order chi connectivity index (χ1) is 6.74. The van der Waals surface area contributed by atoms with E-state index in [0.29, 0.717) is 0 Å². The Morgan fingerprint density at radius 2 is 2.29 bits per heavy atom. The highest BCUT2D eigenvalue weighted by Crippen LogP contribution is 2.10. The molecule has 0 bridgehead atoms. The van der Waals surface area contributed by atoms with Gasteiger partial charge in [0.1, 0.15) is 0 Å². The number of hydrogen-bond donors (Lipinski definition) is 1. The van der Waals surface area contributed by atoms with Crippen LogP contribution in [0.3, 0.4) is 0 Å². The minimum Gasteiger partial charge on any atom is -0.315 e. The topological polar surface area (TPSA) is 15.3 Å². The predicted molar refractivity (Wildman–Crippen MR) is 62.6 cm³/mol. The molecule has 1 aliphatic rings. The van der Waals surface area contributed by atoms with E-state index in [1.807, 2.05) is 0 Å². The van der Waals surface area contributed by atoms with Gasteiger partial charge in [-0.25, -0.2) is 0 Å². The summed E-state index contributed by atoms with van der Waals surface area (Å²) in [6.45, 7) is 11.3. The monoisotopic (exact) mass is 196 g/mol. The van der Waals surface area contributed by atoms with Gasteiger partial charge < -0.3 is 5.32 Å². The van der Waals surface area contributed by atoms with E-state index in [2.05, 4.69) is 37.1 Å². The second-order valence-corrected chi connectivity index (χ2v) is 4.37. The summed E-state index contributed by atoms with van der Waals surface area (Å²) < 4.78 is 0. The zero-order valence-corrected chi connectivity index (χ0v) is 9.84. The number of nitrogens with zero attached hydrogens (tertiary/aromatic N) is 1. The third kappa shape index (κ3) is 3.81. The zero-order valence-electron chi connectivity index (χ0n) is 9.84. The number of likely N-dealkylation sites (N-methyl/N-ethyl adjacent to an activating group) is 1. The summed E-state index contributed by atoms with van der Waals surface area (Å²) in [7, 11) is 0.